The molecule has 1 fully saturated rings. The molecule has 1 N–H and O–H groups in total. The van der Waals surface area contributed by atoms with E-state index in [-0.39, 0.29) is 18.6 Å². The van der Waals surface area contributed by atoms with Crippen LogP contribution in [0.1, 0.15) is 40.7 Å². The summed E-state index contributed by atoms with van der Waals surface area (Å²) in [5, 5.41) is 9.32. The summed E-state index contributed by atoms with van der Waals surface area (Å²) in [6.45, 7) is 2.96. The molecule has 1 atom stereocenters. The highest BCUT2D eigenvalue weighted by Crippen LogP contribution is 2.23. The molecule has 0 bridgehead atoms. The van der Waals surface area contributed by atoms with Gasteiger partial charge in [-0.3, -0.25) is 4.79 Å². The molecule has 1 amide bonds. The van der Waals surface area contributed by atoms with Crippen molar-refractivity contribution in [2.24, 2.45) is 0 Å². The molecule has 2 heterocycles. The van der Waals surface area contributed by atoms with E-state index in [1.807, 2.05) is 17.0 Å². The van der Waals surface area contributed by atoms with Crippen LogP contribution in [0, 0.1) is 0 Å². The third-order valence-electron chi connectivity index (χ3n) is 3.32. The molecule has 17 heavy (non-hydrogen) atoms. The van der Waals surface area contributed by atoms with Crippen molar-refractivity contribution >= 4 is 17.2 Å². The van der Waals surface area contributed by atoms with Gasteiger partial charge in [0.1, 0.15) is 0 Å². The molecule has 1 unspecified atom stereocenters. The number of hydrogen-bond donors (Lipinski definition) is 1. The van der Waals surface area contributed by atoms with Crippen LogP contribution >= 0.6 is 11.3 Å². The Kier molecular flexibility index (Phi) is 4.18. The van der Waals surface area contributed by atoms with Gasteiger partial charge in [-0.2, -0.15) is 0 Å². The minimum atomic E-state index is 0.0171. The van der Waals surface area contributed by atoms with Crippen LogP contribution in [0.4, 0.5) is 0 Å². The molecule has 0 saturated carbocycles. The highest BCUT2D eigenvalue weighted by Gasteiger charge is 2.27. The quantitative estimate of drug-likeness (QED) is 0.898. The standard InChI is InChI=1S/C13H19NO2S/c1-2-11-6-7-12(17-11)13(16)14-8-4-3-5-10(14)9-15/h6-7,10,15H,2-5,8-9H2,1H3. The molecular formula is C13H19NO2S. The third-order valence-corrected chi connectivity index (χ3v) is 4.54. The Bertz CT molecular complexity index is 389. The fourth-order valence-electron chi connectivity index (χ4n) is 2.28. The van der Waals surface area contributed by atoms with Crippen molar-refractivity contribution in [2.75, 3.05) is 13.2 Å². The Balaban J connectivity index is 2.12. The number of amides is 1. The monoisotopic (exact) mass is 253 g/mol. The lowest BCUT2D eigenvalue weighted by atomic mass is 10.0. The second-order valence-corrected chi connectivity index (χ2v) is 5.62. The van der Waals surface area contributed by atoms with Gasteiger partial charge < -0.3 is 10.0 Å². The van der Waals surface area contributed by atoms with Crippen molar-refractivity contribution in [1.29, 1.82) is 0 Å². The average molecular weight is 253 g/mol. The molecule has 4 heteroatoms. The minimum Gasteiger partial charge on any atom is -0.394 e. The summed E-state index contributed by atoms with van der Waals surface area (Å²) in [7, 11) is 0. The average Bonchev–Trinajstić information content (AvgIpc) is 2.86. The summed E-state index contributed by atoms with van der Waals surface area (Å²) in [6, 6.07) is 3.95. The number of likely N-dealkylation sites (tertiary alicyclic amines) is 1. The minimum absolute atomic E-state index is 0.0171. The zero-order valence-electron chi connectivity index (χ0n) is 10.2. The number of thiophene rings is 1. The smallest absolute Gasteiger partial charge is 0.264 e. The molecule has 0 aliphatic carbocycles. The maximum absolute atomic E-state index is 12.3. The lowest BCUT2D eigenvalue weighted by Crippen LogP contribution is -2.45. The van der Waals surface area contributed by atoms with Crippen LogP contribution in [-0.4, -0.2) is 35.1 Å². The topological polar surface area (TPSA) is 40.5 Å². The summed E-state index contributed by atoms with van der Waals surface area (Å²) < 4.78 is 0. The highest BCUT2D eigenvalue weighted by molar-refractivity contribution is 7.14. The second kappa shape index (κ2) is 5.65. The lowest BCUT2D eigenvalue weighted by Gasteiger charge is -2.34. The first-order valence-electron chi connectivity index (χ1n) is 6.26. The molecule has 3 nitrogen and oxygen atoms in total. The van der Waals surface area contributed by atoms with Crippen molar-refractivity contribution in [3.8, 4) is 0 Å². The summed E-state index contributed by atoms with van der Waals surface area (Å²) >= 11 is 1.57. The van der Waals surface area contributed by atoms with E-state index in [0.29, 0.717) is 0 Å². The molecule has 1 saturated heterocycles. The first-order valence-corrected chi connectivity index (χ1v) is 7.08. The number of nitrogens with zero attached hydrogens (tertiary/aromatic N) is 1. The molecule has 94 valence electrons. The van der Waals surface area contributed by atoms with E-state index in [4.69, 9.17) is 0 Å². The molecule has 1 aromatic rings. The Morgan fingerprint density at radius 2 is 2.35 bits per heavy atom. The van der Waals surface area contributed by atoms with E-state index >= 15 is 0 Å². The lowest BCUT2D eigenvalue weighted by molar-refractivity contribution is 0.0508. The van der Waals surface area contributed by atoms with Crippen LogP contribution in [0.3, 0.4) is 0 Å². The number of carbonyl (C=O) groups excluding carboxylic acids is 1. The summed E-state index contributed by atoms with van der Waals surface area (Å²) in [4.78, 5) is 16.2. The molecule has 0 spiro atoms. The van der Waals surface area contributed by atoms with E-state index in [1.54, 1.807) is 11.3 Å². The van der Waals surface area contributed by atoms with E-state index in [9.17, 15) is 9.90 Å². The molecular weight excluding hydrogens is 234 g/mol. The molecule has 0 radical (unpaired) electrons. The number of piperidine rings is 1. The third kappa shape index (κ3) is 2.69. The van der Waals surface area contributed by atoms with Gasteiger partial charge in [0.05, 0.1) is 17.5 Å². The first-order chi connectivity index (χ1) is 8.26. The predicted molar refractivity (Wildman–Crippen MR) is 69.5 cm³/mol. The first kappa shape index (κ1) is 12.6. The fourth-order valence-corrected chi connectivity index (χ4v) is 3.19. The maximum atomic E-state index is 12.3. The summed E-state index contributed by atoms with van der Waals surface area (Å²) in [5.41, 5.74) is 0. The van der Waals surface area contributed by atoms with Crippen LogP contribution in [0.15, 0.2) is 12.1 Å². The molecule has 2 rings (SSSR count). The summed E-state index contributed by atoms with van der Waals surface area (Å²) in [6.07, 6.45) is 4.06. The zero-order chi connectivity index (χ0) is 12.3. The molecule has 1 aliphatic rings. The second-order valence-electron chi connectivity index (χ2n) is 4.45. The Labute approximate surface area is 106 Å². The van der Waals surface area contributed by atoms with Crippen molar-refractivity contribution in [2.45, 2.75) is 38.6 Å². The number of hydrogen-bond acceptors (Lipinski definition) is 3. The number of aliphatic hydroxyl groups excluding tert-OH is 1. The van der Waals surface area contributed by atoms with Gasteiger partial charge in [-0.05, 0) is 37.8 Å². The van der Waals surface area contributed by atoms with Crippen LogP contribution in [0.25, 0.3) is 0 Å². The molecule has 1 aromatic heterocycles. The van der Waals surface area contributed by atoms with Gasteiger partial charge in [0.25, 0.3) is 5.91 Å². The van der Waals surface area contributed by atoms with Crippen molar-refractivity contribution in [1.82, 2.24) is 4.90 Å². The SMILES string of the molecule is CCc1ccc(C(=O)N2CCCCC2CO)s1. The number of rotatable bonds is 3. The van der Waals surface area contributed by atoms with E-state index < -0.39 is 0 Å². The fraction of sp³-hybridized carbons (Fsp3) is 0.615. The number of carbonyl (C=O) groups is 1. The van der Waals surface area contributed by atoms with Crippen molar-refractivity contribution in [3.63, 3.8) is 0 Å². The molecule has 0 aromatic carbocycles. The Hall–Kier alpha value is -0.870. The Morgan fingerprint density at radius 3 is 3.00 bits per heavy atom. The van der Waals surface area contributed by atoms with Gasteiger partial charge in [-0.1, -0.05) is 6.92 Å². The van der Waals surface area contributed by atoms with Gasteiger partial charge in [0.2, 0.25) is 0 Å². The van der Waals surface area contributed by atoms with Crippen LogP contribution < -0.4 is 0 Å². The predicted octanol–water partition coefficient (Wildman–Crippen LogP) is 2.30. The van der Waals surface area contributed by atoms with Crippen molar-refractivity contribution < 1.29 is 9.90 Å². The van der Waals surface area contributed by atoms with E-state index in [0.717, 1.165) is 37.1 Å². The highest BCUT2D eigenvalue weighted by atomic mass is 32.1. The van der Waals surface area contributed by atoms with Gasteiger partial charge >= 0.3 is 0 Å². The molecule has 1 aliphatic heterocycles. The van der Waals surface area contributed by atoms with Gasteiger partial charge in [-0.15, -0.1) is 11.3 Å². The van der Waals surface area contributed by atoms with Crippen LogP contribution in [0.5, 0.6) is 0 Å². The van der Waals surface area contributed by atoms with Gasteiger partial charge in [0.15, 0.2) is 0 Å². The summed E-state index contributed by atoms with van der Waals surface area (Å²) in [5.74, 6) is 0.0912. The Morgan fingerprint density at radius 1 is 1.53 bits per heavy atom. The van der Waals surface area contributed by atoms with Crippen LogP contribution in [0.2, 0.25) is 0 Å². The van der Waals surface area contributed by atoms with E-state index in [1.165, 1.54) is 4.88 Å². The van der Waals surface area contributed by atoms with E-state index in [2.05, 4.69) is 6.92 Å². The zero-order valence-corrected chi connectivity index (χ0v) is 11.0. The van der Waals surface area contributed by atoms with Gasteiger partial charge in [0, 0.05) is 11.4 Å². The largest absolute Gasteiger partial charge is 0.394 e. The normalized spacial score (nSPS) is 20.6. The van der Waals surface area contributed by atoms with Crippen LogP contribution in [-0.2, 0) is 6.42 Å². The maximum Gasteiger partial charge on any atom is 0.264 e. The van der Waals surface area contributed by atoms with Crippen molar-refractivity contribution in [3.05, 3.63) is 21.9 Å². The number of aliphatic hydroxyl groups is 1. The number of aryl methyl sites for hydroxylation is 1. The van der Waals surface area contributed by atoms with Gasteiger partial charge in [-0.25, -0.2) is 0 Å².